The minimum Gasteiger partial charge on any atom is -0.311 e. The number of rotatable bonds is 2. The van der Waals surface area contributed by atoms with Gasteiger partial charge in [0.1, 0.15) is 6.29 Å². The Kier molecular flexibility index (Phi) is 1.53. The van der Waals surface area contributed by atoms with Crippen molar-refractivity contribution in [2.45, 2.75) is 12.5 Å². The smallest absolute Gasteiger partial charge is 0.278 e. The van der Waals surface area contributed by atoms with E-state index in [9.17, 15) is 9.59 Å². The third-order valence-corrected chi connectivity index (χ3v) is 2.70. The second-order valence-electron chi connectivity index (χ2n) is 3.66. The minimum absolute atomic E-state index is 0.0449. The number of hydrogen-bond acceptors (Lipinski definition) is 4. The number of nitrogens with one attached hydrogen (secondary N) is 1. The summed E-state index contributed by atoms with van der Waals surface area (Å²) in [7, 11) is 0. The first-order valence-electron chi connectivity index (χ1n) is 4.67. The average molecular weight is 204 g/mol. The van der Waals surface area contributed by atoms with Crippen LogP contribution in [0.2, 0.25) is 0 Å². The summed E-state index contributed by atoms with van der Waals surface area (Å²) in [6, 6.07) is 0.127. The highest BCUT2D eigenvalue weighted by molar-refractivity contribution is 5.70. The number of aldehydes is 1. The van der Waals surface area contributed by atoms with Crippen LogP contribution < -0.4 is 5.56 Å². The van der Waals surface area contributed by atoms with Crippen LogP contribution in [0, 0.1) is 5.92 Å². The molecule has 2 aromatic heterocycles. The van der Waals surface area contributed by atoms with Crippen LogP contribution in [-0.2, 0) is 4.79 Å². The van der Waals surface area contributed by atoms with E-state index in [1.165, 1.54) is 6.33 Å². The van der Waals surface area contributed by atoms with Crippen LogP contribution in [-0.4, -0.2) is 25.8 Å². The van der Waals surface area contributed by atoms with Crippen LogP contribution in [0.25, 0.3) is 11.2 Å². The van der Waals surface area contributed by atoms with E-state index in [-0.39, 0.29) is 17.5 Å². The standard InChI is InChI=1S/C9H8N4O2/c14-2-5-1-6(5)13-4-12-7-8(13)10-3-11-9(7)15/h2-6H,1H2,(H,10,11,15)/t5-,6-/m0/s1. The van der Waals surface area contributed by atoms with E-state index in [4.69, 9.17) is 0 Å². The first-order chi connectivity index (χ1) is 7.31. The minimum atomic E-state index is -0.248. The Morgan fingerprint density at radius 3 is 3.13 bits per heavy atom. The summed E-state index contributed by atoms with van der Waals surface area (Å²) in [5, 5.41) is 0. The number of H-pyrrole nitrogens is 1. The van der Waals surface area contributed by atoms with Gasteiger partial charge in [-0.15, -0.1) is 0 Å². The summed E-state index contributed by atoms with van der Waals surface area (Å²) >= 11 is 0. The molecule has 6 heteroatoms. The molecule has 0 radical (unpaired) electrons. The van der Waals surface area contributed by atoms with Gasteiger partial charge in [0.15, 0.2) is 11.2 Å². The molecule has 1 aliphatic rings. The second-order valence-corrected chi connectivity index (χ2v) is 3.66. The van der Waals surface area contributed by atoms with Gasteiger partial charge in [-0.05, 0) is 6.42 Å². The molecule has 0 spiro atoms. The van der Waals surface area contributed by atoms with E-state index >= 15 is 0 Å². The highest BCUT2D eigenvalue weighted by atomic mass is 16.1. The lowest BCUT2D eigenvalue weighted by molar-refractivity contribution is -0.109. The molecule has 1 N–H and O–H groups in total. The lowest BCUT2D eigenvalue weighted by atomic mass is 10.4. The summed E-state index contributed by atoms with van der Waals surface area (Å²) in [4.78, 5) is 32.4. The van der Waals surface area contributed by atoms with Crippen LogP contribution >= 0.6 is 0 Å². The lowest BCUT2D eigenvalue weighted by Gasteiger charge is -1.98. The first kappa shape index (κ1) is 8.34. The molecule has 15 heavy (non-hydrogen) atoms. The molecule has 76 valence electrons. The van der Waals surface area contributed by atoms with Gasteiger partial charge in [-0.25, -0.2) is 9.97 Å². The maximum absolute atomic E-state index is 11.3. The van der Waals surface area contributed by atoms with Crippen LogP contribution in [0.15, 0.2) is 17.4 Å². The van der Waals surface area contributed by atoms with E-state index in [1.807, 2.05) is 0 Å². The Morgan fingerprint density at radius 1 is 1.53 bits per heavy atom. The first-order valence-corrected chi connectivity index (χ1v) is 4.67. The van der Waals surface area contributed by atoms with Crippen molar-refractivity contribution in [3.05, 3.63) is 23.0 Å². The van der Waals surface area contributed by atoms with Gasteiger partial charge in [0.05, 0.1) is 12.7 Å². The number of fused-ring (bicyclic) bond motifs is 1. The maximum atomic E-state index is 11.3. The molecular weight excluding hydrogens is 196 g/mol. The molecular formula is C9H8N4O2. The second kappa shape index (κ2) is 2.75. The average Bonchev–Trinajstić information content (AvgIpc) is 2.90. The predicted molar refractivity (Wildman–Crippen MR) is 51.4 cm³/mol. The van der Waals surface area contributed by atoms with Crippen molar-refractivity contribution in [2.75, 3.05) is 0 Å². The molecule has 3 rings (SSSR count). The van der Waals surface area contributed by atoms with Gasteiger partial charge < -0.3 is 14.3 Å². The molecule has 0 saturated heterocycles. The van der Waals surface area contributed by atoms with Crippen LogP contribution in [0.1, 0.15) is 12.5 Å². The molecule has 1 fully saturated rings. The predicted octanol–water partition coefficient (Wildman–Crippen LogP) is -0.120. The molecule has 0 aliphatic heterocycles. The number of carbonyl (C=O) groups excluding carboxylic acids is 1. The number of carbonyl (C=O) groups is 1. The number of aromatic amines is 1. The van der Waals surface area contributed by atoms with Gasteiger partial charge in [0.25, 0.3) is 5.56 Å². The fourth-order valence-electron chi connectivity index (χ4n) is 1.77. The third kappa shape index (κ3) is 1.11. The summed E-state index contributed by atoms with van der Waals surface area (Å²) in [5.74, 6) is 0.0449. The van der Waals surface area contributed by atoms with E-state index < -0.39 is 0 Å². The van der Waals surface area contributed by atoms with Crippen molar-refractivity contribution in [2.24, 2.45) is 5.92 Å². The summed E-state index contributed by atoms with van der Waals surface area (Å²) in [6.45, 7) is 0. The lowest BCUT2D eigenvalue weighted by Crippen LogP contribution is -2.07. The van der Waals surface area contributed by atoms with Crippen molar-refractivity contribution in [1.82, 2.24) is 19.5 Å². The van der Waals surface area contributed by atoms with Crippen LogP contribution in [0.3, 0.4) is 0 Å². The van der Waals surface area contributed by atoms with Gasteiger partial charge in [0.2, 0.25) is 0 Å². The Bertz CT molecular complexity index is 585. The maximum Gasteiger partial charge on any atom is 0.278 e. The zero-order valence-electron chi connectivity index (χ0n) is 7.75. The van der Waals surface area contributed by atoms with E-state index in [0.29, 0.717) is 11.2 Å². The van der Waals surface area contributed by atoms with Gasteiger partial charge >= 0.3 is 0 Å². The largest absolute Gasteiger partial charge is 0.311 e. The highest BCUT2D eigenvalue weighted by Gasteiger charge is 2.39. The van der Waals surface area contributed by atoms with E-state index in [1.54, 1.807) is 10.9 Å². The van der Waals surface area contributed by atoms with E-state index in [2.05, 4.69) is 15.0 Å². The molecule has 2 aromatic rings. The van der Waals surface area contributed by atoms with Crippen LogP contribution in [0.5, 0.6) is 0 Å². The molecule has 1 aliphatic carbocycles. The Labute approximate surface area is 84.0 Å². The normalized spacial score (nSPS) is 24.3. The number of aromatic nitrogens is 4. The monoisotopic (exact) mass is 204 g/mol. The summed E-state index contributed by atoms with van der Waals surface area (Å²) < 4.78 is 1.80. The molecule has 2 atom stereocenters. The van der Waals surface area contributed by atoms with Crippen molar-refractivity contribution in [3.8, 4) is 0 Å². The van der Waals surface area contributed by atoms with Gasteiger partial charge in [-0.3, -0.25) is 4.79 Å². The molecule has 0 aromatic carbocycles. The van der Waals surface area contributed by atoms with Gasteiger partial charge in [-0.2, -0.15) is 0 Å². The van der Waals surface area contributed by atoms with Crippen molar-refractivity contribution >= 4 is 17.5 Å². The molecule has 0 unspecified atom stereocenters. The molecule has 6 nitrogen and oxygen atoms in total. The molecule has 0 amide bonds. The van der Waals surface area contributed by atoms with Gasteiger partial charge in [-0.1, -0.05) is 0 Å². The molecule has 1 saturated carbocycles. The van der Waals surface area contributed by atoms with Gasteiger partial charge in [0, 0.05) is 12.0 Å². The Morgan fingerprint density at radius 2 is 2.40 bits per heavy atom. The fraction of sp³-hybridized carbons (Fsp3) is 0.333. The summed E-state index contributed by atoms with van der Waals surface area (Å²) in [6.07, 6.45) is 4.66. The van der Waals surface area contributed by atoms with Crippen molar-refractivity contribution < 1.29 is 4.79 Å². The molecule has 0 bridgehead atoms. The third-order valence-electron chi connectivity index (χ3n) is 2.70. The van der Waals surface area contributed by atoms with Crippen molar-refractivity contribution in [3.63, 3.8) is 0 Å². The number of nitrogens with zero attached hydrogens (tertiary/aromatic N) is 3. The Hall–Kier alpha value is -1.98. The van der Waals surface area contributed by atoms with Crippen molar-refractivity contribution in [1.29, 1.82) is 0 Å². The number of imidazole rings is 1. The summed E-state index contributed by atoms with van der Waals surface area (Å²) in [5.41, 5.74) is 0.629. The topological polar surface area (TPSA) is 80.6 Å². The fourth-order valence-corrected chi connectivity index (χ4v) is 1.77. The zero-order chi connectivity index (χ0) is 10.4. The Balaban J connectivity index is 2.17. The molecule has 2 heterocycles. The van der Waals surface area contributed by atoms with Crippen LogP contribution in [0.4, 0.5) is 0 Å². The quantitative estimate of drug-likeness (QED) is 0.691. The zero-order valence-corrected chi connectivity index (χ0v) is 7.75. The highest BCUT2D eigenvalue weighted by Crippen LogP contribution is 2.42. The number of hydrogen-bond donors (Lipinski definition) is 1. The SMILES string of the molecule is O=C[C@@H]1C[C@@H]1n1cnc2c(=O)[nH]cnc21. The van der Waals surface area contributed by atoms with E-state index in [0.717, 1.165) is 12.7 Å².